The maximum absolute atomic E-state index is 8.93. The summed E-state index contributed by atoms with van der Waals surface area (Å²) in [5, 5.41) is 11.8. The van der Waals surface area contributed by atoms with Crippen molar-refractivity contribution in [3.05, 3.63) is 36.2 Å². The van der Waals surface area contributed by atoms with Gasteiger partial charge in [0.05, 0.1) is 18.7 Å². The molecule has 1 N–H and O–H groups in total. The van der Waals surface area contributed by atoms with E-state index in [4.69, 9.17) is 14.7 Å². The number of methoxy groups -OCH3 is 1. The van der Waals surface area contributed by atoms with Gasteiger partial charge in [0, 0.05) is 19.2 Å². The summed E-state index contributed by atoms with van der Waals surface area (Å²) in [7, 11) is 3.29. The molecule has 2 aromatic rings. The highest BCUT2D eigenvalue weighted by Crippen LogP contribution is 2.26. The summed E-state index contributed by atoms with van der Waals surface area (Å²) >= 11 is 0. The Hall–Kier alpha value is -2.81. The van der Waals surface area contributed by atoms with Crippen LogP contribution in [0, 0.1) is 11.3 Å². The summed E-state index contributed by atoms with van der Waals surface area (Å²) in [6.45, 7) is 0. The molecule has 0 atom stereocenters. The number of anilines is 1. The van der Waals surface area contributed by atoms with Crippen molar-refractivity contribution in [1.82, 2.24) is 9.97 Å². The number of rotatable bonds is 4. The average molecular weight is 256 g/mol. The van der Waals surface area contributed by atoms with E-state index in [1.165, 1.54) is 13.4 Å². The van der Waals surface area contributed by atoms with Crippen LogP contribution in [0.15, 0.2) is 30.6 Å². The smallest absolute Gasteiger partial charge is 0.224 e. The molecule has 19 heavy (non-hydrogen) atoms. The van der Waals surface area contributed by atoms with E-state index in [0.29, 0.717) is 28.8 Å². The molecular formula is C13H12N4O2. The number of nitrogens with zero attached hydrogens (tertiary/aromatic N) is 3. The lowest BCUT2D eigenvalue weighted by atomic mass is 10.2. The molecule has 96 valence electrons. The minimum Gasteiger partial charge on any atom is -0.497 e. The van der Waals surface area contributed by atoms with Crippen LogP contribution in [0.2, 0.25) is 0 Å². The number of hydrogen-bond donors (Lipinski definition) is 1. The van der Waals surface area contributed by atoms with E-state index in [0.717, 1.165) is 0 Å². The predicted molar refractivity (Wildman–Crippen MR) is 69.4 cm³/mol. The number of nitrogens with one attached hydrogen (secondary N) is 1. The van der Waals surface area contributed by atoms with Gasteiger partial charge in [0.2, 0.25) is 5.88 Å². The molecule has 0 amide bonds. The predicted octanol–water partition coefficient (Wildman–Crippen LogP) is 2.19. The first-order valence-corrected chi connectivity index (χ1v) is 5.52. The minimum atomic E-state index is 0.386. The lowest BCUT2D eigenvalue weighted by Gasteiger charge is -2.08. The molecule has 1 aromatic carbocycles. The first kappa shape index (κ1) is 12.6. The zero-order valence-corrected chi connectivity index (χ0v) is 10.5. The second-order valence-electron chi connectivity index (χ2n) is 3.60. The monoisotopic (exact) mass is 256 g/mol. The van der Waals surface area contributed by atoms with Crippen LogP contribution in [0.5, 0.6) is 17.4 Å². The standard InChI is InChI=1S/C13H12N4O2/c1-15-12-6-13(17-8-16-12)19-11-4-9(7-14)3-10(5-11)18-2/h3-6,8H,1-2H3,(H,15,16,17). The zero-order valence-electron chi connectivity index (χ0n) is 10.5. The van der Waals surface area contributed by atoms with Gasteiger partial charge in [-0.3, -0.25) is 0 Å². The Bertz CT molecular complexity index is 622. The minimum absolute atomic E-state index is 0.386. The van der Waals surface area contributed by atoms with Crippen molar-refractivity contribution in [1.29, 1.82) is 5.26 Å². The Kier molecular flexibility index (Phi) is 3.78. The lowest BCUT2D eigenvalue weighted by molar-refractivity contribution is 0.407. The van der Waals surface area contributed by atoms with Gasteiger partial charge in [0.15, 0.2) is 0 Å². The van der Waals surface area contributed by atoms with Gasteiger partial charge >= 0.3 is 0 Å². The first-order chi connectivity index (χ1) is 9.25. The van der Waals surface area contributed by atoms with Crippen molar-refractivity contribution in [3.8, 4) is 23.4 Å². The van der Waals surface area contributed by atoms with Gasteiger partial charge in [0.25, 0.3) is 0 Å². The summed E-state index contributed by atoms with van der Waals surface area (Å²) in [6, 6.07) is 8.63. The lowest BCUT2D eigenvalue weighted by Crippen LogP contribution is -1.95. The number of ether oxygens (including phenoxy) is 2. The number of aromatic nitrogens is 2. The zero-order chi connectivity index (χ0) is 13.7. The number of benzene rings is 1. The maximum atomic E-state index is 8.93. The molecule has 0 saturated carbocycles. The molecule has 0 aliphatic carbocycles. The largest absolute Gasteiger partial charge is 0.497 e. The van der Waals surface area contributed by atoms with Gasteiger partial charge in [-0.2, -0.15) is 5.26 Å². The summed E-state index contributed by atoms with van der Waals surface area (Å²) < 4.78 is 10.7. The van der Waals surface area contributed by atoms with E-state index in [2.05, 4.69) is 15.3 Å². The van der Waals surface area contributed by atoms with Crippen molar-refractivity contribution in [2.75, 3.05) is 19.5 Å². The third-order valence-electron chi connectivity index (χ3n) is 2.37. The average Bonchev–Trinajstić information content (AvgIpc) is 2.47. The van der Waals surface area contributed by atoms with E-state index in [-0.39, 0.29) is 0 Å². The van der Waals surface area contributed by atoms with Crippen LogP contribution < -0.4 is 14.8 Å². The summed E-state index contributed by atoms with van der Waals surface area (Å²) in [5.74, 6) is 2.07. The van der Waals surface area contributed by atoms with Crippen LogP contribution in [0.3, 0.4) is 0 Å². The van der Waals surface area contributed by atoms with Gasteiger partial charge in [-0.05, 0) is 12.1 Å². The van der Waals surface area contributed by atoms with Crippen molar-refractivity contribution in [2.24, 2.45) is 0 Å². The molecule has 6 nitrogen and oxygen atoms in total. The Morgan fingerprint density at radius 1 is 1.16 bits per heavy atom. The molecule has 0 saturated heterocycles. The molecule has 0 bridgehead atoms. The molecule has 6 heteroatoms. The quantitative estimate of drug-likeness (QED) is 0.903. The molecule has 0 fully saturated rings. The maximum Gasteiger partial charge on any atom is 0.224 e. The summed E-state index contributed by atoms with van der Waals surface area (Å²) in [4.78, 5) is 7.98. The second-order valence-corrected chi connectivity index (χ2v) is 3.60. The van der Waals surface area contributed by atoms with Crippen LogP contribution in [-0.2, 0) is 0 Å². The molecule has 0 spiro atoms. The van der Waals surface area contributed by atoms with Crippen LogP contribution in [0.25, 0.3) is 0 Å². The van der Waals surface area contributed by atoms with Crippen LogP contribution in [-0.4, -0.2) is 24.1 Å². The normalized spacial score (nSPS) is 9.53. The molecule has 0 aliphatic heterocycles. The highest BCUT2D eigenvalue weighted by Gasteiger charge is 2.05. The van der Waals surface area contributed by atoms with E-state index < -0.39 is 0 Å². The van der Waals surface area contributed by atoms with E-state index in [9.17, 15) is 0 Å². The summed E-state index contributed by atoms with van der Waals surface area (Å²) in [6.07, 6.45) is 1.40. The Morgan fingerprint density at radius 3 is 2.63 bits per heavy atom. The highest BCUT2D eigenvalue weighted by molar-refractivity contribution is 5.45. The van der Waals surface area contributed by atoms with E-state index >= 15 is 0 Å². The SMILES string of the molecule is CNc1cc(Oc2cc(C#N)cc(OC)c2)ncn1. The topological polar surface area (TPSA) is 80.1 Å². The Balaban J connectivity index is 2.29. The fourth-order valence-corrected chi connectivity index (χ4v) is 1.47. The van der Waals surface area contributed by atoms with Crippen molar-refractivity contribution >= 4 is 5.82 Å². The van der Waals surface area contributed by atoms with Crippen LogP contribution in [0.4, 0.5) is 5.82 Å². The Morgan fingerprint density at radius 2 is 1.95 bits per heavy atom. The molecular weight excluding hydrogens is 244 g/mol. The van der Waals surface area contributed by atoms with Gasteiger partial charge in [-0.15, -0.1) is 0 Å². The van der Waals surface area contributed by atoms with Gasteiger partial charge in [-0.1, -0.05) is 0 Å². The van der Waals surface area contributed by atoms with E-state index in [1.54, 1.807) is 31.3 Å². The highest BCUT2D eigenvalue weighted by atomic mass is 16.5. The molecule has 2 rings (SSSR count). The number of hydrogen-bond acceptors (Lipinski definition) is 6. The van der Waals surface area contributed by atoms with Gasteiger partial charge in [0.1, 0.15) is 23.6 Å². The van der Waals surface area contributed by atoms with Crippen molar-refractivity contribution < 1.29 is 9.47 Å². The Labute approximate surface area is 110 Å². The fraction of sp³-hybridized carbons (Fsp3) is 0.154. The molecule has 1 heterocycles. The third kappa shape index (κ3) is 3.10. The fourth-order valence-electron chi connectivity index (χ4n) is 1.47. The van der Waals surface area contributed by atoms with Gasteiger partial charge < -0.3 is 14.8 Å². The molecule has 0 radical (unpaired) electrons. The molecule has 1 aromatic heterocycles. The van der Waals surface area contributed by atoms with Crippen molar-refractivity contribution in [2.45, 2.75) is 0 Å². The second kappa shape index (κ2) is 5.69. The molecule has 0 unspecified atom stereocenters. The molecule has 0 aliphatic rings. The van der Waals surface area contributed by atoms with Crippen LogP contribution in [0.1, 0.15) is 5.56 Å². The first-order valence-electron chi connectivity index (χ1n) is 5.52. The number of nitriles is 1. The van der Waals surface area contributed by atoms with Gasteiger partial charge in [-0.25, -0.2) is 9.97 Å². The van der Waals surface area contributed by atoms with Crippen LogP contribution >= 0.6 is 0 Å². The van der Waals surface area contributed by atoms with E-state index in [1.807, 2.05) is 6.07 Å². The third-order valence-corrected chi connectivity index (χ3v) is 2.37. The van der Waals surface area contributed by atoms with Crippen molar-refractivity contribution in [3.63, 3.8) is 0 Å². The summed E-state index contributed by atoms with van der Waals surface area (Å²) in [5.41, 5.74) is 0.456.